The highest BCUT2D eigenvalue weighted by Crippen LogP contribution is 2.33. The molecule has 0 bridgehead atoms. The second-order valence-electron chi connectivity index (χ2n) is 5.35. The molecular formula is C13H23NO6S. The van der Waals surface area contributed by atoms with Crippen molar-refractivity contribution in [2.75, 3.05) is 27.8 Å². The molecule has 0 aromatic carbocycles. The molecule has 8 heteroatoms. The number of carbonyl (C=O) groups excluding carboxylic acids is 2. The summed E-state index contributed by atoms with van der Waals surface area (Å²) in [4.78, 5) is 23.1. The van der Waals surface area contributed by atoms with E-state index < -0.39 is 39.0 Å². The Morgan fingerprint density at radius 2 is 1.86 bits per heavy atom. The smallest absolute Gasteiger partial charge is 0.310 e. The van der Waals surface area contributed by atoms with Crippen molar-refractivity contribution in [2.24, 2.45) is 11.8 Å². The van der Waals surface area contributed by atoms with Crippen LogP contribution in [-0.4, -0.2) is 57.7 Å². The van der Waals surface area contributed by atoms with Crippen LogP contribution in [0.1, 0.15) is 26.2 Å². The fourth-order valence-corrected chi connectivity index (χ4v) is 4.72. The summed E-state index contributed by atoms with van der Waals surface area (Å²) in [5.74, 6) is -2.15. The zero-order valence-electron chi connectivity index (χ0n) is 12.9. The van der Waals surface area contributed by atoms with Crippen LogP contribution in [-0.2, 0) is 29.1 Å². The first-order chi connectivity index (χ1) is 9.75. The Morgan fingerprint density at radius 3 is 2.38 bits per heavy atom. The van der Waals surface area contributed by atoms with E-state index in [2.05, 4.69) is 9.47 Å². The van der Waals surface area contributed by atoms with Crippen LogP contribution in [0.3, 0.4) is 0 Å². The molecule has 0 saturated heterocycles. The van der Waals surface area contributed by atoms with Crippen molar-refractivity contribution < 1.29 is 27.5 Å². The molecule has 21 heavy (non-hydrogen) atoms. The molecule has 0 N–H and O–H groups in total. The third kappa shape index (κ3) is 3.94. The minimum absolute atomic E-state index is 0.0272. The SMILES string of the molecule is COC(=O)C(C)CN(C)S(=O)(=O)C1CCCC1C(=O)OC. The monoisotopic (exact) mass is 321 g/mol. The molecule has 0 amide bonds. The number of hydrogen-bond donors (Lipinski definition) is 0. The van der Waals surface area contributed by atoms with Crippen molar-refractivity contribution >= 4 is 22.0 Å². The van der Waals surface area contributed by atoms with Crippen molar-refractivity contribution in [1.29, 1.82) is 0 Å². The van der Waals surface area contributed by atoms with Gasteiger partial charge in [0, 0.05) is 13.6 Å². The fourth-order valence-electron chi connectivity index (χ4n) is 2.70. The average molecular weight is 321 g/mol. The summed E-state index contributed by atoms with van der Waals surface area (Å²) in [6, 6.07) is 0. The van der Waals surface area contributed by atoms with E-state index in [9.17, 15) is 18.0 Å². The quantitative estimate of drug-likeness (QED) is 0.658. The van der Waals surface area contributed by atoms with Crippen LogP contribution in [0, 0.1) is 11.8 Å². The fraction of sp³-hybridized carbons (Fsp3) is 0.846. The number of sulfonamides is 1. The minimum atomic E-state index is -3.66. The lowest BCUT2D eigenvalue weighted by Gasteiger charge is -2.26. The molecule has 1 aliphatic rings. The van der Waals surface area contributed by atoms with Crippen molar-refractivity contribution in [3.8, 4) is 0 Å². The highest BCUT2D eigenvalue weighted by Gasteiger charge is 2.44. The van der Waals surface area contributed by atoms with E-state index in [0.717, 1.165) is 4.31 Å². The van der Waals surface area contributed by atoms with Crippen molar-refractivity contribution in [2.45, 2.75) is 31.4 Å². The highest BCUT2D eigenvalue weighted by atomic mass is 32.2. The first kappa shape index (κ1) is 17.9. The van der Waals surface area contributed by atoms with E-state index in [1.54, 1.807) is 6.92 Å². The predicted octanol–water partition coefficient (Wildman–Crippen LogP) is 0.399. The molecule has 1 aliphatic carbocycles. The van der Waals surface area contributed by atoms with Gasteiger partial charge in [-0.3, -0.25) is 9.59 Å². The molecule has 1 fully saturated rings. The molecule has 0 aromatic rings. The normalized spacial score (nSPS) is 23.9. The maximum atomic E-state index is 12.6. The second kappa shape index (κ2) is 7.22. The lowest BCUT2D eigenvalue weighted by molar-refractivity contribution is -0.146. The van der Waals surface area contributed by atoms with Gasteiger partial charge in [0.2, 0.25) is 10.0 Å². The summed E-state index contributed by atoms with van der Waals surface area (Å²) in [7, 11) is 0.282. The van der Waals surface area contributed by atoms with E-state index in [1.807, 2.05) is 0 Å². The Kier molecular flexibility index (Phi) is 6.15. The maximum absolute atomic E-state index is 12.6. The Bertz CT molecular complexity index is 489. The van der Waals surface area contributed by atoms with Gasteiger partial charge in [0.05, 0.1) is 31.3 Å². The van der Waals surface area contributed by atoms with Crippen LogP contribution in [0.25, 0.3) is 0 Å². The number of hydrogen-bond acceptors (Lipinski definition) is 6. The zero-order valence-corrected chi connectivity index (χ0v) is 13.7. The molecule has 0 heterocycles. The summed E-state index contributed by atoms with van der Waals surface area (Å²) in [5.41, 5.74) is 0. The van der Waals surface area contributed by atoms with E-state index in [4.69, 9.17) is 0 Å². The summed E-state index contributed by atoms with van der Waals surface area (Å²) in [6.07, 6.45) is 1.61. The Morgan fingerprint density at radius 1 is 1.24 bits per heavy atom. The van der Waals surface area contributed by atoms with Gasteiger partial charge in [0.1, 0.15) is 0 Å². The van der Waals surface area contributed by atoms with Gasteiger partial charge in [0.25, 0.3) is 0 Å². The number of rotatable bonds is 6. The molecule has 0 aliphatic heterocycles. The predicted molar refractivity (Wildman–Crippen MR) is 75.9 cm³/mol. The van der Waals surface area contributed by atoms with Crippen LogP contribution in [0.2, 0.25) is 0 Å². The van der Waals surface area contributed by atoms with Crippen LogP contribution < -0.4 is 0 Å². The van der Waals surface area contributed by atoms with E-state index in [-0.39, 0.29) is 6.54 Å². The molecule has 0 aromatic heterocycles. The summed E-state index contributed by atoms with van der Waals surface area (Å²) in [5, 5.41) is -0.778. The summed E-state index contributed by atoms with van der Waals surface area (Å²) < 4.78 is 35.6. The Hall–Kier alpha value is -1.15. The number of esters is 2. The van der Waals surface area contributed by atoms with E-state index in [0.29, 0.717) is 19.3 Å². The van der Waals surface area contributed by atoms with Gasteiger partial charge in [-0.1, -0.05) is 13.3 Å². The zero-order chi connectivity index (χ0) is 16.2. The maximum Gasteiger partial charge on any atom is 0.310 e. The molecule has 122 valence electrons. The highest BCUT2D eigenvalue weighted by molar-refractivity contribution is 7.89. The van der Waals surface area contributed by atoms with Crippen molar-refractivity contribution in [1.82, 2.24) is 4.31 Å². The van der Waals surface area contributed by atoms with Crippen LogP contribution in [0.4, 0.5) is 0 Å². The van der Waals surface area contributed by atoms with Gasteiger partial charge in [-0.25, -0.2) is 12.7 Å². The Balaban J connectivity index is 2.84. The minimum Gasteiger partial charge on any atom is -0.469 e. The third-order valence-corrected chi connectivity index (χ3v) is 6.26. The number of nitrogens with zero attached hydrogens (tertiary/aromatic N) is 1. The van der Waals surface area contributed by atoms with Crippen LogP contribution >= 0.6 is 0 Å². The van der Waals surface area contributed by atoms with Crippen molar-refractivity contribution in [3.05, 3.63) is 0 Å². The van der Waals surface area contributed by atoms with Crippen molar-refractivity contribution in [3.63, 3.8) is 0 Å². The first-order valence-corrected chi connectivity index (χ1v) is 8.36. The van der Waals surface area contributed by atoms with Gasteiger partial charge in [-0.05, 0) is 12.8 Å². The lowest BCUT2D eigenvalue weighted by Crippen LogP contribution is -2.43. The largest absolute Gasteiger partial charge is 0.469 e. The number of ether oxygens (including phenoxy) is 2. The second-order valence-corrected chi connectivity index (χ2v) is 7.61. The number of carbonyl (C=O) groups is 2. The topological polar surface area (TPSA) is 90.0 Å². The molecule has 3 unspecified atom stereocenters. The molecule has 3 atom stereocenters. The molecule has 7 nitrogen and oxygen atoms in total. The summed E-state index contributed by atoms with van der Waals surface area (Å²) >= 11 is 0. The molecule has 1 saturated carbocycles. The van der Waals surface area contributed by atoms with Crippen LogP contribution in [0.5, 0.6) is 0 Å². The van der Waals surface area contributed by atoms with Gasteiger partial charge in [0.15, 0.2) is 0 Å². The molecule has 0 radical (unpaired) electrons. The van der Waals surface area contributed by atoms with Gasteiger partial charge >= 0.3 is 11.9 Å². The molecule has 1 rings (SSSR count). The molecule has 0 spiro atoms. The first-order valence-electron chi connectivity index (χ1n) is 6.86. The third-order valence-electron chi connectivity index (χ3n) is 3.91. The number of methoxy groups -OCH3 is 2. The van der Waals surface area contributed by atoms with Gasteiger partial charge < -0.3 is 9.47 Å². The van der Waals surface area contributed by atoms with Gasteiger partial charge in [-0.15, -0.1) is 0 Å². The standard InChI is InChI=1S/C13H23NO6S/c1-9(12(15)19-3)8-14(2)21(17,18)11-7-5-6-10(11)13(16)20-4/h9-11H,5-8H2,1-4H3. The average Bonchev–Trinajstić information content (AvgIpc) is 2.95. The summed E-state index contributed by atoms with van der Waals surface area (Å²) in [6.45, 7) is 1.63. The van der Waals surface area contributed by atoms with Crippen LogP contribution in [0.15, 0.2) is 0 Å². The van der Waals surface area contributed by atoms with Gasteiger partial charge in [-0.2, -0.15) is 0 Å². The molecular weight excluding hydrogens is 298 g/mol. The lowest BCUT2D eigenvalue weighted by atomic mass is 10.1. The van der Waals surface area contributed by atoms with E-state index >= 15 is 0 Å². The Labute approximate surface area is 125 Å². The van der Waals surface area contributed by atoms with E-state index in [1.165, 1.54) is 21.3 Å².